The van der Waals surface area contributed by atoms with E-state index in [1.807, 2.05) is 6.07 Å². The SMILES string of the molecule is CCOC(=O)c1ccccc1Nc1cnc(C(=O)NC2CCCCC2)cn1. The first-order valence-electron chi connectivity index (χ1n) is 9.33. The molecule has 27 heavy (non-hydrogen) atoms. The van der Waals surface area contributed by atoms with Gasteiger partial charge in [-0.2, -0.15) is 0 Å². The lowest BCUT2D eigenvalue weighted by Crippen LogP contribution is -2.36. The molecular weight excluding hydrogens is 344 g/mol. The number of nitrogens with zero attached hydrogens (tertiary/aromatic N) is 2. The van der Waals surface area contributed by atoms with Gasteiger partial charge in [0.2, 0.25) is 0 Å². The van der Waals surface area contributed by atoms with Crippen molar-refractivity contribution in [3.05, 3.63) is 47.9 Å². The summed E-state index contributed by atoms with van der Waals surface area (Å²) >= 11 is 0. The van der Waals surface area contributed by atoms with E-state index in [4.69, 9.17) is 4.74 Å². The third kappa shape index (κ3) is 5.03. The lowest BCUT2D eigenvalue weighted by Gasteiger charge is -2.22. The van der Waals surface area contributed by atoms with Crippen molar-refractivity contribution in [1.82, 2.24) is 15.3 Å². The highest BCUT2D eigenvalue weighted by molar-refractivity contribution is 5.96. The fraction of sp³-hybridized carbons (Fsp3) is 0.400. The second-order valence-corrected chi connectivity index (χ2v) is 6.49. The molecule has 0 unspecified atom stereocenters. The average Bonchev–Trinajstić information content (AvgIpc) is 2.70. The number of carbonyl (C=O) groups excluding carboxylic acids is 2. The van der Waals surface area contributed by atoms with E-state index in [2.05, 4.69) is 20.6 Å². The minimum absolute atomic E-state index is 0.201. The van der Waals surface area contributed by atoms with Gasteiger partial charge in [-0.15, -0.1) is 0 Å². The summed E-state index contributed by atoms with van der Waals surface area (Å²) in [6.07, 6.45) is 8.50. The third-order valence-corrected chi connectivity index (χ3v) is 4.51. The summed E-state index contributed by atoms with van der Waals surface area (Å²) in [7, 11) is 0. The molecule has 7 nitrogen and oxygen atoms in total. The molecule has 0 atom stereocenters. The van der Waals surface area contributed by atoms with Gasteiger partial charge in [0.15, 0.2) is 0 Å². The van der Waals surface area contributed by atoms with Crippen LogP contribution < -0.4 is 10.6 Å². The van der Waals surface area contributed by atoms with Crippen LogP contribution >= 0.6 is 0 Å². The van der Waals surface area contributed by atoms with Crippen molar-refractivity contribution in [2.75, 3.05) is 11.9 Å². The van der Waals surface area contributed by atoms with E-state index in [1.54, 1.807) is 25.1 Å². The topological polar surface area (TPSA) is 93.2 Å². The summed E-state index contributed by atoms with van der Waals surface area (Å²) in [5.41, 5.74) is 1.27. The first kappa shape index (κ1) is 18.8. The molecule has 0 saturated heterocycles. The molecule has 1 saturated carbocycles. The molecular formula is C20H24N4O3. The number of esters is 1. The van der Waals surface area contributed by atoms with Crippen molar-refractivity contribution in [3.63, 3.8) is 0 Å². The first-order chi connectivity index (χ1) is 13.2. The number of benzene rings is 1. The highest BCUT2D eigenvalue weighted by Crippen LogP contribution is 2.20. The molecule has 0 aliphatic heterocycles. The van der Waals surface area contributed by atoms with Gasteiger partial charge in [-0.05, 0) is 31.9 Å². The van der Waals surface area contributed by atoms with Gasteiger partial charge in [-0.1, -0.05) is 31.4 Å². The Labute approximate surface area is 158 Å². The number of hydrogen-bond donors (Lipinski definition) is 2. The Morgan fingerprint density at radius 1 is 1.11 bits per heavy atom. The highest BCUT2D eigenvalue weighted by Gasteiger charge is 2.18. The number of amides is 1. The first-order valence-corrected chi connectivity index (χ1v) is 9.33. The molecule has 2 aromatic rings. The van der Waals surface area contributed by atoms with Crippen LogP contribution in [0.25, 0.3) is 0 Å². The van der Waals surface area contributed by atoms with Crippen LogP contribution in [0.15, 0.2) is 36.7 Å². The molecule has 2 N–H and O–H groups in total. The van der Waals surface area contributed by atoms with Gasteiger partial charge in [0.25, 0.3) is 5.91 Å². The zero-order valence-corrected chi connectivity index (χ0v) is 15.4. The van der Waals surface area contributed by atoms with E-state index in [0.29, 0.717) is 23.7 Å². The van der Waals surface area contributed by atoms with E-state index in [-0.39, 0.29) is 17.6 Å². The van der Waals surface area contributed by atoms with Crippen LogP contribution in [0.1, 0.15) is 59.9 Å². The number of anilines is 2. The van der Waals surface area contributed by atoms with Crippen LogP contribution in [-0.2, 0) is 4.74 Å². The van der Waals surface area contributed by atoms with Crippen molar-refractivity contribution in [2.45, 2.75) is 45.1 Å². The Bertz CT molecular complexity index is 786. The minimum atomic E-state index is -0.406. The number of para-hydroxylation sites is 1. The zero-order chi connectivity index (χ0) is 19.1. The van der Waals surface area contributed by atoms with Crippen molar-refractivity contribution < 1.29 is 14.3 Å². The second-order valence-electron chi connectivity index (χ2n) is 6.49. The van der Waals surface area contributed by atoms with Crippen LogP contribution in [-0.4, -0.2) is 34.5 Å². The standard InChI is InChI=1S/C20H24N4O3/c1-2-27-20(26)15-10-6-7-11-16(15)24-18-13-21-17(12-22-18)19(25)23-14-8-4-3-5-9-14/h6-7,10-14H,2-5,8-9H2,1H3,(H,22,24)(H,23,25). The van der Waals surface area contributed by atoms with Gasteiger partial charge in [-0.25, -0.2) is 14.8 Å². The maximum atomic E-state index is 12.3. The zero-order valence-electron chi connectivity index (χ0n) is 15.4. The van der Waals surface area contributed by atoms with Crippen molar-refractivity contribution in [2.24, 2.45) is 0 Å². The fourth-order valence-electron chi connectivity index (χ4n) is 3.13. The lowest BCUT2D eigenvalue weighted by atomic mass is 9.95. The molecule has 1 aliphatic carbocycles. The number of aromatic nitrogens is 2. The molecule has 7 heteroatoms. The highest BCUT2D eigenvalue weighted by atomic mass is 16.5. The molecule has 0 radical (unpaired) electrons. The molecule has 142 valence electrons. The van der Waals surface area contributed by atoms with E-state index < -0.39 is 5.97 Å². The molecule has 0 spiro atoms. The molecule has 1 heterocycles. The average molecular weight is 368 g/mol. The smallest absolute Gasteiger partial charge is 0.340 e. The molecule has 1 amide bonds. The van der Waals surface area contributed by atoms with E-state index in [9.17, 15) is 9.59 Å². The van der Waals surface area contributed by atoms with Gasteiger partial charge in [0.1, 0.15) is 11.5 Å². The maximum Gasteiger partial charge on any atom is 0.340 e. The van der Waals surface area contributed by atoms with Gasteiger partial charge < -0.3 is 15.4 Å². The quantitative estimate of drug-likeness (QED) is 0.759. The van der Waals surface area contributed by atoms with Crippen LogP contribution in [0, 0.1) is 0 Å². The van der Waals surface area contributed by atoms with Crippen LogP contribution in [0.3, 0.4) is 0 Å². The van der Waals surface area contributed by atoms with Crippen LogP contribution in [0.2, 0.25) is 0 Å². The Morgan fingerprint density at radius 3 is 2.59 bits per heavy atom. The van der Waals surface area contributed by atoms with E-state index in [0.717, 1.165) is 25.7 Å². The molecule has 1 aromatic carbocycles. The van der Waals surface area contributed by atoms with Gasteiger partial charge >= 0.3 is 5.97 Å². The van der Waals surface area contributed by atoms with Crippen LogP contribution in [0.5, 0.6) is 0 Å². The number of hydrogen-bond acceptors (Lipinski definition) is 6. The Kier molecular flexibility index (Phi) is 6.35. The number of ether oxygens (including phenoxy) is 1. The fourth-order valence-corrected chi connectivity index (χ4v) is 3.13. The van der Waals surface area contributed by atoms with E-state index in [1.165, 1.54) is 18.8 Å². The number of rotatable bonds is 6. The van der Waals surface area contributed by atoms with Gasteiger partial charge in [0, 0.05) is 6.04 Å². The summed E-state index contributed by atoms with van der Waals surface area (Å²) in [5, 5.41) is 6.07. The Balaban J connectivity index is 1.66. The lowest BCUT2D eigenvalue weighted by molar-refractivity contribution is 0.0527. The predicted molar refractivity (Wildman–Crippen MR) is 102 cm³/mol. The molecule has 1 aromatic heterocycles. The summed E-state index contributed by atoms with van der Waals surface area (Å²) in [4.78, 5) is 32.8. The van der Waals surface area contributed by atoms with Gasteiger partial charge in [-0.3, -0.25) is 4.79 Å². The Morgan fingerprint density at radius 2 is 1.89 bits per heavy atom. The maximum absolute atomic E-state index is 12.3. The van der Waals surface area contributed by atoms with Crippen molar-refractivity contribution in [1.29, 1.82) is 0 Å². The van der Waals surface area contributed by atoms with E-state index >= 15 is 0 Å². The second kappa shape index (κ2) is 9.12. The minimum Gasteiger partial charge on any atom is -0.462 e. The predicted octanol–water partition coefficient (Wildman–Crippen LogP) is 3.46. The largest absolute Gasteiger partial charge is 0.462 e. The molecule has 1 aliphatic rings. The Hall–Kier alpha value is -2.96. The van der Waals surface area contributed by atoms with Crippen molar-refractivity contribution in [3.8, 4) is 0 Å². The summed E-state index contributed by atoms with van der Waals surface area (Å²) < 4.78 is 5.06. The molecule has 0 bridgehead atoms. The van der Waals surface area contributed by atoms with Gasteiger partial charge in [0.05, 0.1) is 30.3 Å². The summed E-state index contributed by atoms with van der Waals surface area (Å²) in [6, 6.07) is 7.24. The summed E-state index contributed by atoms with van der Waals surface area (Å²) in [6.45, 7) is 2.06. The normalized spacial score (nSPS) is 14.4. The van der Waals surface area contributed by atoms with Crippen molar-refractivity contribution >= 4 is 23.4 Å². The monoisotopic (exact) mass is 368 g/mol. The number of carbonyl (C=O) groups is 2. The number of nitrogens with one attached hydrogen (secondary N) is 2. The summed E-state index contributed by atoms with van der Waals surface area (Å²) in [5.74, 6) is -0.161. The van der Waals surface area contributed by atoms with Crippen LogP contribution in [0.4, 0.5) is 11.5 Å². The molecule has 3 rings (SSSR count). The molecule has 1 fully saturated rings. The third-order valence-electron chi connectivity index (χ3n) is 4.51.